The zero-order chi connectivity index (χ0) is 25.9. The van der Waals surface area contributed by atoms with Crippen LogP contribution in [-0.2, 0) is 11.3 Å². The molecule has 2 amide bonds. The quantitative estimate of drug-likeness (QED) is 0.196. The Kier molecular flexibility index (Phi) is 6.85. The summed E-state index contributed by atoms with van der Waals surface area (Å²) >= 11 is 4.78. The van der Waals surface area contributed by atoms with Crippen molar-refractivity contribution < 1.29 is 19.5 Å². The predicted molar refractivity (Wildman–Crippen MR) is 146 cm³/mol. The molecule has 0 saturated heterocycles. The van der Waals surface area contributed by atoms with Crippen LogP contribution < -0.4 is 10.6 Å². The average molecular weight is 575 g/mol. The zero-order valence-corrected chi connectivity index (χ0v) is 21.5. The van der Waals surface area contributed by atoms with E-state index >= 15 is 0 Å². The van der Waals surface area contributed by atoms with E-state index in [0.29, 0.717) is 22.1 Å². The molecule has 0 atom stereocenters. The Balaban J connectivity index is 1.29. The van der Waals surface area contributed by atoms with Crippen LogP contribution in [0.1, 0.15) is 31.8 Å². The standard InChI is InChI=1S/C27H19BrN4O4S/c28-20-12-16(25(33)30-13-17-2-1-3-21-18(17)8-9-29-21)5-6-19(20)26(34)32-23(27(35)36)10-15-4-7-22-24(11-15)37-14-31-22/h1-12,14,29H,13H2,(H,30,33)(H,32,34)(H,35,36). The van der Waals surface area contributed by atoms with Crippen molar-refractivity contribution in [2.24, 2.45) is 0 Å². The van der Waals surface area contributed by atoms with Crippen LogP contribution in [-0.4, -0.2) is 32.9 Å². The van der Waals surface area contributed by atoms with Crippen molar-refractivity contribution in [2.75, 3.05) is 0 Å². The molecule has 0 aliphatic heterocycles. The van der Waals surface area contributed by atoms with Crippen LogP contribution in [0.5, 0.6) is 0 Å². The maximum Gasteiger partial charge on any atom is 0.352 e. The summed E-state index contributed by atoms with van der Waals surface area (Å²) in [6.07, 6.45) is 3.24. The number of hydrogen-bond acceptors (Lipinski definition) is 5. The van der Waals surface area contributed by atoms with Gasteiger partial charge in [0.15, 0.2) is 0 Å². The third-order valence-corrected chi connectivity index (χ3v) is 7.19. The Hall–Kier alpha value is -4.28. The number of nitrogens with one attached hydrogen (secondary N) is 3. The number of H-pyrrole nitrogens is 1. The van der Waals surface area contributed by atoms with Crippen molar-refractivity contribution in [2.45, 2.75) is 6.54 Å². The Morgan fingerprint density at radius 1 is 1.05 bits per heavy atom. The van der Waals surface area contributed by atoms with Gasteiger partial charge in [-0.05, 0) is 75.6 Å². The fourth-order valence-electron chi connectivity index (χ4n) is 3.89. The van der Waals surface area contributed by atoms with E-state index in [1.165, 1.54) is 35.6 Å². The summed E-state index contributed by atoms with van der Waals surface area (Å²) < 4.78 is 1.27. The number of thiazole rings is 1. The maximum atomic E-state index is 12.9. The number of amides is 2. The Labute approximate surface area is 223 Å². The third kappa shape index (κ3) is 5.30. The molecule has 4 N–H and O–H groups in total. The van der Waals surface area contributed by atoms with Gasteiger partial charge in [-0.25, -0.2) is 9.78 Å². The van der Waals surface area contributed by atoms with Gasteiger partial charge in [-0.3, -0.25) is 9.59 Å². The SMILES string of the molecule is O=C(O)C(=Cc1ccc2ncsc2c1)NC(=O)c1ccc(C(=O)NCc2cccc3[nH]ccc23)cc1Br. The van der Waals surface area contributed by atoms with Crippen molar-refractivity contribution in [3.05, 3.63) is 105 Å². The molecule has 5 rings (SSSR count). The molecule has 2 aromatic heterocycles. The van der Waals surface area contributed by atoms with Crippen LogP contribution in [0.15, 0.2) is 82.5 Å². The molecule has 0 aliphatic carbocycles. The lowest BCUT2D eigenvalue weighted by atomic mass is 10.1. The van der Waals surface area contributed by atoms with Gasteiger partial charge < -0.3 is 20.7 Å². The van der Waals surface area contributed by atoms with Crippen LogP contribution >= 0.6 is 27.3 Å². The van der Waals surface area contributed by atoms with Gasteiger partial charge in [-0.15, -0.1) is 11.3 Å². The third-order valence-electron chi connectivity index (χ3n) is 5.75. The minimum Gasteiger partial charge on any atom is -0.477 e. The van der Waals surface area contributed by atoms with E-state index < -0.39 is 11.9 Å². The Bertz CT molecular complexity index is 1710. The fourth-order valence-corrected chi connectivity index (χ4v) is 5.18. The van der Waals surface area contributed by atoms with Crippen LogP contribution in [0.4, 0.5) is 0 Å². The van der Waals surface area contributed by atoms with Crippen LogP contribution in [0.25, 0.3) is 27.2 Å². The summed E-state index contributed by atoms with van der Waals surface area (Å²) in [6.45, 7) is 0.341. The average Bonchev–Trinajstić information content (AvgIpc) is 3.56. The number of aliphatic carboxylic acids is 1. The number of aromatic nitrogens is 2. The maximum absolute atomic E-state index is 12.9. The number of hydrogen-bond donors (Lipinski definition) is 4. The van der Waals surface area contributed by atoms with E-state index in [-0.39, 0.29) is 17.2 Å². The number of carbonyl (C=O) groups excluding carboxylic acids is 2. The molecule has 184 valence electrons. The monoisotopic (exact) mass is 574 g/mol. The lowest BCUT2D eigenvalue weighted by Crippen LogP contribution is -2.28. The van der Waals surface area contributed by atoms with E-state index in [0.717, 1.165) is 26.7 Å². The molecule has 8 nitrogen and oxygen atoms in total. The number of aromatic amines is 1. The number of nitrogens with zero attached hydrogens (tertiary/aromatic N) is 1. The molecule has 0 spiro atoms. The molecule has 2 heterocycles. The largest absolute Gasteiger partial charge is 0.477 e. The van der Waals surface area contributed by atoms with E-state index in [4.69, 9.17) is 0 Å². The number of halogens is 1. The first kappa shape index (κ1) is 24.4. The number of carbonyl (C=O) groups is 3. The molecular formula is C27H19BrN4O4S. The second-order valence-corrected chi connectivity index (χ2v) is 9.87. The number of benzene rings is 3. The molecule has 3 aromatic carbocycles. The van der Waals surface area contributed by atoms with Gasteiger partial charge in [-0.2, -0.15) is 0 Å². The fraction of sp³-hybridized carbons (Fsp3) is 0.0370. The van der Waals surface area contributed by atoms with E-state index in [1.807, 2.05) is 36.5 Å². The van der Waals surface area contributed by atoms with Crippen LogP contribution in [0.2, 0.25) is 0 Å². The zero-order valence-electron chi connectivity index (χ0n) is 19.1. The predicted octanol–water partition coefficient (Wildman–Crippen LogP) is 5.33. The highest BCUT2D eigenvalue weighted by molar-refractivity contribution is 9.10. The first-order valence-corrected chi connectivity index (χ1v) is 12.8. The van der Waals surface area contributed by atoms with Crippen molar-refractivity contribution in [1.82, 2.24) is 20.6 Å². The van der Waals surface area contributed by atoms with Gasteiger partial charge in [0.25, 0.3) is 11.8 Å². The van der Waals surface area contributed by atoms with Gasteiger partial charge in [0.1, 0.15) is 5.70 Å². The normalized spacial score (nSPS) is 11.5. The van der Waals surface area contributed by atoms with Gasteiger partial charge >= 0.3 is 5.97 Å². The smallest absolute Gasteiger partial charge is 0.352 e. The number of rotatable bonds is 7. The molecule has 0 aliphatic rings. The molecule has 0 unspecified atom stereocenters. The molecule has 10 heteroatoms. The Morgan fingerprint density at radius 2 is 1.92 bits per heavy atom. The summed E-state index contributed by atoms with van der Waals surface area (Å²) in [5, 5.41) is 16.0. The summed E-state index contributed by atoms with van der Waals surface area (Å²) in [7, 11) is 0. The van der Waals surface area contributed by atoms with Crippen molar-refractivity contribution >= 4 is 72.2 Å². The molecule has 0 bridgehead atoms. The summed E-state index contributed by atoms with van der Waals surface area (Å²) in [5.74, 6) is -2.20. The van der Waals surface area contributed by atoms with Crippen molar-refractivity contribution in [3.8, 4) is 0 Å². The first-order chi connectivity index (χ1) is 17.9. The number of carboxylic acid groups (broad SMARTS) is 1. The van der Waals surface area contributed by atoms with Gasteiger partial charge in [0.2, 0.25) is 0 Å². The van der Waals surface area contributed by atoms with Crippen molar-refractivity contribution in [1.29, 1.82) is 0 Å². The highest BCUT2D eigenvalue weighted by atomic mass is 79.9. The molecular weight excluding hydrogens is 556 g/mol. The molecule has 0 fully saturated rings. The molecule has 37 heavy (non-hydrogen) atoms. The minimum atomic E-state index is -1.28. The second-order valence-electron chi connectivity index (χ2n) is 8.13. The molecule has 0 saturated carbocycles. The minimum absolute atomic E-state index is 0.193. The van der Waals surface area contributed by atoms with Gasteiger partial charge in [-0.1, -0.05) is 18.2 Å². The highest BCUT2D eigenvalue weighted by Gasteiger charge is 2.18. The van der Waals surface area contributed by atoms with E-state index in [9.17, 15) is 19.5 Å². The number of fused-ring (bicyclic) bond motifs is 2. The second kappa shape index (κ2) is 10.4. The topological polar surface area (TPSA) is 124 Å². The van der Waals surface area contributed by atoms with E-state index in [2.05, 4.69) is 36.5 Å². The lowest BCUT2D eigenvalue weighted by molar-refractivity contribution is -0.132. The van der Waals surface area contributed by atoms with Gasteiger partial charge in [0.05, 0.1) is 21.3 Å². The lowest BCUT2D eigenvalue weighted by Gasteiger charge is -2.10. The highest BCUT2D eigenvalue weighted by Crippen LogP contribution is 2.22. The van der Waals surface area contributed by atoms with Crippen LogP contribution in [0.3, 0.4) is 0 Å². The van der Waals surface area contributed by atoms with E-state index in [1.54, 1.807) is 17.6 Å². The molecule has 5 aromatic rings. The molecule has 0 radical (unpaired) electrons. The summed E-state index contributed by atoms with van der Waals surface area (Å²) in [4.78, 5) is 44.8. The summed E-state index contributed by atoms with van der Waals surface area (Å²) in [6, 6.07) is 17.6. The van der Waals surface area contributed by atoms with Crippen molar-refractivity contribution in [3.63, 3.8) is 0 Å². The van der Waals surface area contributed by atoms with Gasteiger partial charge in [0, 0.05) is 33.7 Å². The summed E-state index contributed by atoms with van der Waals surface area (Å²) in [5.41, 5.74) is 5.39. The first-order valence-electron chi connectivity index (χ1n) is 11.1. The Morgan fingerprint density at radius 3 is 2.73 bits per heavy atom. The number of carboxylic acids is 1. The van der Waals surface area contributed by atoms with Crippen LogP contribution in [0, 0.1) is 0 Å².